The van der Waals surface area contributed by atoms with Crippen molar-refractivity contribution >= 4 is 16.6 Å². The third-order valence-corrected chi connectivity index (χ3v) is 3.62. The van der Waals surface area contributed by atoms with Crippen LogP contribution >= 0.6 is 0 Å². The van der Waals surface area contributed by atoms with Crippen molar-refractivity contribution < 1.29 is 9.13 Å². The van der Waals surface area contributed by atoms with Gasteiger partial charge in [-0.15, -0.1) is 0 Å². The van der Waals surface area contributed by atoms with Gasteiger partial charge < -0.3 is 14.6 Å². The van der Waals surface area contributed by atoms with E-state index >= 15 is 0 Å². The number of hydrogen-bond donors (Lipinski definition) is 1. The summed E-state index contributed by atoms with van der Waals surface area (Å²) in [4.78, 5) is 0. The number of fused-ring (bicyclic) bond motifs is 1. The number of benzene rings is 2. The number of nitrogens with one attached hydrogen (secondary N) is 1. The van der Waals surface area contributed by atoms with E-state index in [0.29, 0.717) is 18.0 Å². The van der Waals surface area contributed by atoms with Crippen molar-refractivity contribution in [3.63, 3.8) is 0 Å². The van der Waals surface area contributed by atoms with Gasteiger partial charge >= 0.3 is 0 Å². The van der Waals surface area contributed by atoms with Gasteiger partial charge in [-0.05, 0) is 23.8 Å². The highest BCUT2D eigenvalue weighted by Gasteiger charge is 2.08. The second-order valence-electron chi connectivity index (χ2n) is 4.98. The first-order chi connectivity index (χ1) is 10.2. The first kappa shape index (κ1) is 13.5. The van der Waals surface area contributed by atoms with Crippen LogP contribution in [0.4, 0.5) is 10.1 Å². The highest BCUT2D eigenvalue weighted by molar-refractivity contribution is 5.84. The SMILES string of the molecule is COc1ccc(F)c(NCc2cn(C)c3ccccc23)c1. The maximum Gasteiger partial charge on any atom is 0.146 e. The van der Waals surface area contributed by atoms with Crippen molar-refractivity contribution in [3.05, 3.63) is 60.0 Å². The highest BCUT2D eigenvalue weighted by Crippen LogP contribution is 2.24. The Morgan fingerprint density at radius 1 is 1.19 bits per heavy atom. The van der Waals surface area contributed by atoms with E-state index in [-0.39, 0.29) is 5.82 Å². The van der Waals surface area contributed by atoms with Gasteiger partial charge in [-0.2, -0.15) is 0 Å². The number of aromatic nitrogens is 1. The minimum atomic E-state index is -0.281. The first-order valence-electron chi connectivity index (χ1n) is 6.79. The number of para-hydroxylation sites is 1. The van der Waals surface area contributed by atoms with Gasteiger partial charge in [-0.3, -0.25) is 0 Å². The summed E-state index contributed by atoms with van der Waals surface area (Å²) < 4.78 is 21.0. The molecule has 0 saturated heterocycles. The molecule has 21 heavy (non-hydrogen) atoms. The minimum absolute atomic E-state index is 0.281. The topological polar surface area (TPSA) is 26.2 Å². The fourth-order valence-corrected chi connectivity index (χ4v) is 2.52. The lowest BCUT2D eigenvalue weighted by molar-refractivity contribution is 0.414. The molecule has 0 unspecified atom stereocenters. The number of anilines is 1. The van der Waals surface area contributed by atoms with Crippen molar-refractivity contribution in [1.82, 2.24) is 4.57 Å². The van der Waals surface area contributed by atoms with E-state index in [4.69, 9.17) is 4.74 Å². The van der Waals surface area contributed by atoms with Gasteiger partial charge in [0, 0.05) is 36.8 Å². The summed E-state index contributed by atoms with van der Waals surface area (Å²) in [5.74, 6) is 0.354. The maximum absolute atomic E-state index is 13.8. The zero-order valence-electron chi connectivity index (χ0n) is 12.1. The van der Waals surface area contributed by atoms with Gasteiger partial charge in [0.25, 0.3) is 0 Å². The minimum Gasteiger partial charge on any atom is -0.497 e. The summed E-state index contributed by atoms with van der Waals surface area (Å²) in [5.41, 5.74) is 2.75. The van der Waals surface area contributed by atoms with Gasteiger partial charge in [0.1, 0.15) is 11.6 Å². The predicted molar refractivity (Wildman–Crippen MR) is 83.2 cm³/mol. The van der Waals surface area contributed by atoms with Crippen LogP contribution in [0.5, 0.6) is 5.75 Å². The van der Waals surface area contributed by atoms with E-state index in [0.717, 1.165) is 5.56 Å². The maximum atomic E-state index is 13.8. The summed E-state index contributed by atoms with van der Waals surface area (Å²) in [6.07, 6.45) is 2.07. The Hall–Kier alpha value is -2.49. The molecule has 0 fully saturated rings. The summed E-state index contributed by atoms with van der Waals surface area (Å²) in [5, 5.41) is 4.32. The Bertz CT molecular complexity index is 780. The molecule has 3 aromatic rings. The van der Waals surface area contributed by atoms with Crippen LogP contribution in [0.25, 0.3) is 10.9 Å². The number of ether oxygens (including phenoxy) is 1. The van der Waals surface area contributed by atoms with Crippen molar-refractivity contribution in [1.29, 1.82) is 0 Å². The Morgan fingerprint density at radius 2 is 2.00 bits per heavy atom. The predicted octanol–water partition coefficient (Wildman–Crippen LogP) is 3.94. The zero-order valence-corrected chi connectivity index (χ0v) is 12.1. The van der Waals surface area contributed by atoms with E-state index in [1.807, 2.05) is 19.2 Å². The fraction of sp³-hybridized carbons (Fsp3) is 0.176. The summed E-state index contributed by atoms with van der Waals surface area (Å²) >= 11 is 0. The molecule has 0 atom stereocenters. The molecule has 3 nitrogen and oxygen atoms in total. The average Bonchev–Trinajstić information content (AvgIpc) is 2.83. The van der Waals surface area contributed by atoms with Crippen LogP contribution in [0.15, 0.2) is 48.7 Å². The molecule has 1 heterocycles. The summed E-state index contributed by atoms with van der Waals surface area (Å²) in [6.45, 7) is 0.561. The Balaban J connectivity index is 1.87. The van der Waals surface area contributed by atoms with Crippen LogP contribution in [0.1, 0.15) is 5.56 Å². The lowest BCUT2D eigenvalue weighted by Crippen LogP contribution is -2.01. The van der Waals surface area contributed by atoms with Crippen LogP contribution in [0.3, 0.4) is 0 Å². The molecular formula is C17H17FN2O. The van der Waals surface area contributed by atoms with Crippen molar-refractivity contribution in [2.45, 2.75) is 6.54 Å². The number of halogens is 1. The molecule has 108 valence electrons. The standard InChI is InChI=1S/C17H17FN2O/c1-20-11-12(14-5-3-4-6-17(14)20)10-19-16-9-13(21-2)7-8-15(16)18/h3-9,11,19H,10H2,1-2H3. The monoisotopic (exact) mass is 284 g/mol. The Morgan fingerprint density at radius 3 is 2.81 bits per heavy atom. The Labute approximate surface area is 123 Å². The quantitative estimate of drug-likeness (QED) is 0.785. The summed E-state index contributed by atoms with van der Waals surface area (Å²) in [6, 6.07) is 12.9. The average molecular weight is 284 g/mol. The molecule has 4 heteroatoms. The van der Waals surface area contributed by atoms with E-state index in [1.54, 1.807) is 19.2 Å². The van der Waals surface area contributed by atoms with Crippen LogP contribution in [0, 0.1) is 5.82 Å². The molecule has 1 aromatic heterocycles. The van der Waals surface area contributed by atoms with Crippen molar-refractivity contribution in [2.24, 2.45) is 7.05 Å². The first-order valence-corrected chi connectivity index (χ1v) is 6.79. The number of rotatable bonds is 4. The normalized spacial score (nSPS) is 10.8. The van der Waals surface area contributed by atoms with Crippen molar-refractivity contribution in [3.8, 4) is 5.75 Å². The second-order valence-corrected chi connectivity index (χ2v) is 4.98. The molecule has 0 saturated carbocycles. The third-order valence-electron chi connectivity index (χ3n) is 3.62. The number of nitrogens with zero attached hydrogens (tertiary/aromatic N) is 1. The van der Waals surface area contributed by atoms with E-state index in [9.17, 15) is 4.39 Å². The lowest BCUT2D eigenvalue weighted by Gasteiger charge is -2.09. The van der Waals surface area contributed by atoms with Crippen LogP contribution in [0.2, 0.25) is 0 Å². The Kier molecular flexibility index (Phi) is 3.52. The molecular weight excluding hydrogens is 267 g/mol. The zero-order chi connectivity index (χ0) is 14.8. The van der Waals surface area contributed by atoms with Gasteiger partial charge in [0.05, 0.1) is 12.8 Å². The molecule has 2 aromatic carbocycles. The lowest BCUT2D eigenvalue weighted by atomic mass is 10.1. The number of hydrogen-bond acceptors (Lipinski definition) is 2. The van der Waals surface area contributed by atoms with Crippen molar-refractivity contribution in [2.75, 3.05) is 12.4 Å². The fourth-order valence-electron chi connectivity index (χ4n) is 2.52. The number of methoxy groups -OCH3 is 1. The van der Waals surface area contributed by atoms with Crippen LogP contribution in [-0.2, 0) is 13.6 Å². The molecule has 0 radical (unpaired) electrons. The molecule has 0 spiro atoms. The molecule has 0 bridgehead atoms. The van der Waals surface area contributed by atoms with E-state index in [2.05, 4.69) is 28.2 Å². The highest BCUT2D eigenvalue weighted by atomic mass is 19.1. The smallest absolute Gasteiger partial charge is 0.146 e. The molecule has 0 aliphatic heterocycles. The summed E-state index contributed by atoms with van der Waals surface area (Å²) in [7, 11) is 3.58. The molecule has 1 N–H and O–H groups in total. The van der Waals surface area contributed by atoms with Gasteiger partial charge in [0.15, 0.2) is 0 Å². The van der Waals surface area contributed by atoms with Gasteiger partial charge in [-0.25, -0.2) is 4.39 Å². The van der Waals surface area contributed by atoms with E-state index in [1.165, 1.54) is 17.0 Å². The molecule has 0 aliphatic carbocycles. The molecule has 3 rings (SSSR count). The van der Waals surface area contributed by atoms with Gasteiger partial charge in [0.2, 0.25) is 0 Å². The van der Waals surface area contributed by atoms with E-state index < -0.39 is 0 Å². The van der Waals surface area contributed by atoms with Crippen LogP contribution < -0.4 is 10.1 Å². The van der Waals surface area contributed by atoms with Gasteiger partial charge in [-0.1, -0.05) is 18.2 Å². The molecule has 0 amide bonds. The largest absolute Gasteiger partial charge is 0.497 e. The molecule has 0 aliphatic rings. The van der Waals surface area contributed by atoms with Crippen LogP contribution in [-0.4, -0.2) is 11.7 Å². The second kappa shape index (κ2) is 5.48. The third kappa shape index (κ3) is 2.57. The number of aryl methyl sites for hydroxylation is 1.